The lowest BCUT2D eigenvalue weighted by Gasteiger charge is -2.27. The van der Waals surface area contributed by atoms with E-state index in [0.717, 1.165) is 33.6 Å². The summed E-state index contributed by atoms with van der Waals surface area (Å²) in [6, 6.07) is 103. The highest BCUT2D eigenvalue weighted by Crippen LogP contribution is 2.50. The summed E-state index contributed by atoms with van der Waals surface area (Å²) in [6.45, 7) is 5.66. The molecule has 3 heteroatoms. The van der Waals surface area contributed by atoms with Gasteiger partial charge in [0.05, 0.1) is 0 Å². The number of rotatable bonds is 7. The zero-order valence-electron chi connectivity index (χ0n) is 47.0. The molecule has 0 N–H and O–H groups in total. The van der Waals surface area contributed by atoms with Gasteiger partial charge in [0.25, 0.3) is 0 Å². The Morgan fingerprint density at radius 2 is 0.698 bits per heavy atom. The Morgan fingerprint density at radius 1 is 0.302 bits per heavy atom. The van der Waals surface area contributed by atoms with Gasteiger partial charge in [0, 0.05) is 75.0 Å². The Kier molecular flexibility index (Phi) is 11.9. The first-order chi connectivity index (χ1) is 42.6. The Hall–Kier alpha value is -10.4. The molecule has 0 atom stereocenters. The van der Waals surface area contributed by atoms with Crippen LogP contribution < -0.4 is 4.90 Å². The number of hydrogen-bond acceptors (Lipinski definition) is 3. The van der Waals surface area contributed by atoms with Crippen LogP contribution in [-0.2, 0) is 0 Å². The van der Waals surface area contributed by atoms with Crippen LogP contribution >= 0.6 is 22.7 Å². The fourth-order valence-corrected chi connectivity index (χ4v) is 16.6. The van der Waals surface area contributed by atoms with E-state index in [1.54, 1.807) is 0 Å². The van der Waals surface area contributed by atoms with E-state index in [-0.39, 0.29) is 0 Å². The minimum atomic E-state index is 0.643. The molecule has 3 heterocycles. The van der Waals surface area contributed by atoms with Gasteiger partial charge < -0.3 is 4.90 Å². The fraction of sp³-hybridized carbons (Fsp3) is 0.0120. The van der Waals surface area contributed by atoms with E-state index in [0.29, 0.717) is 6.54 Å². The van der Waals surface area contributed by atoms with Crippen LogP contribution in [-0.4, -0.2) is 6.54 Å². The lowest BCUT2D eigenvalue weighted by Crippen LogP contribution is -2.18. The van der Waals surface area contributed by atoms with Gasteiger partial charge in [-0.25, -0.2) is 0 Å². The molecule has 86 heavy (non-hydrogen) atoms. The highest BCUT2D eigenvalue weighted by Gasteiger charge is 2.23. The SMILES string of the molecule is C=C1/C=C(c2cccc3c2sc2c(-c4cccc5ccccc45)cccc23)\C=C/CN(c2ccc(-c3c4ccccc4c(-c4ccccc4)c4ccccc34)cc2)c2ccc(-c3cccc4c3sc3c(-c5cccc6ccccc56)cccc34)cc21. The summed E-state index contributed by atoms with van der Waals surface area (Å²) >= 11 is 3.81. The van der Waals surface area contributed by atoms with Crippen LogP contribution in [0.25, 0.3) is 150 Å². The molecule has 0 aliphatic carbocycles. The van der Waals surface area contributed by atoms with E-state index >= 15 is 0 Å². The molecule has 0 unspecified atom stereocenters. The molecule has 1 nitrogen and oxygen atoms in total. The predicted molar refractivity (Wildman–Crippen MR) is 375 cm³/mol. The molecule has 0 spiro atoms. The second-order valence-corrected chi connectivity index (χ2v) is 24.7. The normalized spacial score (nSPS) is 13.8. The summed E-state index contributed by atoms with van der Waals surface area (Å²) in [4.78, 5) is 2.48. The molecule has 0 saturated carbocycles. The van der Waals surface area contributed by atoms with Gasteiger partial charge in [-0.2, -0.15) is 0 Å². The molecular formula is C83H53NS2. The number of anilines is 2. The molecule has 0 radical (unpaired) electrons. The number of thiophene rings is 2. The minimum absolute atomic E-state index is 0.643. The number of hydrogen-bond donors (Lipinski definition) is 0. The molecule has 16 aromatic rings. The van der Waals surface area contributed by atoms with Crippen LogP contribution in [0.3, 0.4) is 0 Å². The van der Waals surface area contributed by atoms with E-state index in [1.807, 2.05) is 22.7 Å². The number of allylic oxidation sites excluding steroid dienone is 4. The van der Waals surface area contributed by atoms with Crippen molar-refractivity contribution in [2.75, 3.05) is 11.4 Å². The van der Waals surface area contributed by atoms with E-state index < -0.39 is 0 Å². The molecule has 2 aromatic heterocycles. The molecule has 14 aromatic carbocycles. The maximum Gasteiger partial charge on any atom is 0.0493 e. The summed E-state index contributed by atoms with van der Waals surface area (Å²) < 4.78 is 5.16. The van der Waals surface area contributed by atoms with Gasteiger partial charge in [0.2, 0.25) is 0 Å². The molecule has 402 valence electrons. The average Bonchev–Trinajstić information content (AvgIpc) is 1.36. The third kappa shape index (κ3) is 8.11. The van der Waals surface area contributed by atoms with Crippen molar-refractivity contribution in [3.63, 3.8) is 0 Å². The fourth-order valence-electron chi connectivity index (χ4n) is 13.9. The van der Waals surface area contributed by atoms with Gasteiger partial charge in [-0.1, -0.05) is 274 Å². The van der Waals surface area contributed by atoms with Crippen molar-refractivity contribution in [2.24, 2.45) is 0 Å². The zero-order valence-corrected chi connectivity index (χ0v) is 48.6. The van der Waals surface area contributed by atoms with Gasteiger partial charge in [0.1, 0.15) is 0 Å². The van der Waals surface area contributed by atoms with Crippen LogP contribution in [0.4, 0.5) is 11.4 Å². The monoisotopic (exact) mass is 1130 g/mol. The van der Waals surface area contributed by atoms with Crippen LogP contribution in [0, 0.1) is 0 Å². The highest BCUT2D eigenvalue weighted by atomic mass is 32.1. The summed E-state index contributed by atoms with van der Waals surface area (Å²) in [5.74, 6) is 0. The summed E-state index contributed by atoms with van der Waals surface area (Å²) in [7, 11) is 0. The van der Waals surface area contributed by atoms with Crippen LogP contribution in [0.15, 0.2) is 304 Å². The Bertz CT molecular complexity index is 5450. The van der Waals surface area contributed by atoms with Gasteiger partial charge in [-0.05, 0) is 135 Å². The van der Waals surface area contributed by atoms with Crippen molar-refractivity contribution in [3.05, 3.63) is 315 Å². The molecule has 0 amide bonds. The first-order valence-electron chi connectivity index (χ1n) is 29.5. The first-order valence-corrected chi connectivity index (χ1v) is 31.2. The topological polar surface area (TPSA) is 3.24 Å². The summed E-state index contributed by atoms with van der Waals surface area (Å²) in [5.41, 5.74) is 19.0. The average molecular weight is 1130 g/mol. The van der Waals surface area contributed by atoms with Crippen molar-refractivity contribution in [3.8, 4) is 55.6 Å². The first kappa shape index (κ1) is 50.1. The van der Waals surface area contributed by atoms with Crippen molar-refractivity contribution in [2.45, 2.75) is 0 Å². The third-order valence-corrected chi connectivity index (χ3v) is 20.4. The van der Waals surface area contributed by atoms with E-state index in [2.05, 4.69) is 302 Å². The maximum absolute atomic E-state index is 5.02. The molecule has 0 fully saturated rings. The van der Waals surface area contributed by atoms with Crippen LogP contribution in [0.5, 0.6) is 0 Å². The Labute approximate surface area is 507 Å². The van der Waals surface area contributed by atoms with Crippen molar-refractivity contribution in [1.82, 2.24) is 0 Å². The number of fused-ring (bicyclic) bond motifs is 11. The lowest BCUT2D eigenvalue weighted by atomic mass is 9.86. The maximum atomic E-state index is 5.02. The summed E-state index contributed by atoms with van der Waals surface area (Å²) in [6.07, 6.45) is 7.02. The van der Waals surface area contributed by atoms with E-state index in [4.69, 9.17) is 6.58 Å². The van der Waals surface area contributed by atoms with Gasteiger partial charge >= 0.3 is 0 Å². The molecular weight excluding hydrogens is 1080 g/mol. The third-order valence-electron chi connectivity index (χ3n) is 17.8. The van der Waals surface area contributed by atoms with Gasteiger partial charge in [-0.3, -0.25) is 0 Å². The predicted octanol–water partition coefficient (Wildman–Crippen LogP) is 24.2. The van der Waals surface area contributed by atoms with Crippen molar-refractivity contribution >= 4 is 129 Å². The van der Waals surface area contributed by atoms with E-state index in [1.165, 1.54) is 139 Å². The lowest BCUT2D eigenvalue weighted by molar-refractivity contribution is 1.09. The molecule has 1 aliphatic heterocycles. The molecule has 17 rings (SSSR count). The Balaban J connectivity index is 0.827. The standard InChI is InChI=1S/C83H53NS2/c1-52-50-57(62-33-15-39-72-74-41-17-37-70(82(74)85-80(62)72)64-35-13-24-53-20-5-7-27-60(53)64)26-19-49-84(59-46-43-56(44-47-59)79-68-31-11-9-29-66(68)78(55-22-3-2-4-23-55)67-30-10-12-32-69(67)79)77-48-45-58(51-76(52)77)63-34-16-40-73-75-42-18-38-71(83(75)86-81(63)73)65-36-14-25-54-21-6-8-28-61(54)65/h2-48,50-51H,1,49H2/b26-19-,57-50+. The van der Waals surface area contributed by atoms with Crippen LogP contribution in [0.2, 0.25) is 0 Å². The van der Waals surface area contributed by atoms with Crippen molar-refractivity contribution in [1.29, 1.82) is 0 Å². The smallest absolute Gasteiger partial charge is 0.0493 e. The largest absolute Gasteiger partial charge is 0.337 e. The van der Waals surface area contributed by atoms with Gasteiger partial charge in [-0.15, -0.1) is 22.7 Å². The number of nitrogens with zero attached hydrogens (tertiary/aromatic N) is 1. The second kappa shape index (κ2) is 20.4. The van der Waals surface area contributed by atoms with Crippen molar-refractivity contribution < 1.29 is 0 Å². The molecule has 0 saturated heterocycles. The summed E-state index contributed by atoms with van der Waals surface area (Å²) in [5, 5.41) is 15.1. The van der Waals surface area contributed by atoms with Crippen LogP contribution in [0.1, 0.15) is 11.1 Å². The minimum Gasteiger partial charge on any atom is -0.337 e. The number of benzene rings is 14. The Morgan fingerprint density at radius 3 is 1.24 bits per heavy atom. The second-order valence-electron chi connectivity index (χ2n) is 22.6. The molecule has 1 aliphatic rings. The van der Waals surface area contributed by atoms with E-state index in [9.17, 15) is 0 Å². The quantitative estimate of drug-likeness (QED) is 0.144. The zero-order chi connectivity index (χ0) is 56.8. The highest BCUT2D eigenvalue weighted by molar-refractivity contribution is 7.27. The van der Waals surface area contributed by atoms with Gasteiger partial charge in [0.15, 0.2) is 0 Å². The molecule has 0 bridgehead atoms.